The normalized spacial score (nSPS) is 24.0. The second kappa shape index (κ2) is 10.4. The summed E-state index contributed by atoms with van der Waals surface area (Å²) in [6.07, 6.45) is -2.08. The van der Waals surface area contributed by atoms with Gasteiger partial charge in [-0.3, -0.25) is 14.5 Å². The maximum Gasteiger partial charge on any atom is 0.323 e. The van der Waals surface area contributed by atoms with Gasteiger partial charge in [0.05, 0.1) is 27.0 Å². The third-order valence-electron chi connectivity index (χ3n) is 7.91. The van der Waals surface area contributed by atoms with E-state index in [4.69, 9.17) is 25.8 Å². The molecule has 222 valence electrons. The maximum absolute atomic E-state index is 15.3. The number of amides is 1. The van der Waals surface area contributed by atoms with Gasteiger partial charge in [0.15, 0.2) is 5.54 Å². The van der Waals surface area contributed by atoms with Crippen molar-refractivity contribution < 1.29 is 41.7 Å². The van der Waals surface area contributed by atoms with E-state index in [1.54, 1.807) is 18.2 Å². The first-order valence-electron chi connectivity index (χ1n) is 12.8. The van der Waals surface area contributed by atoms with E-state index >= 15 is 9.18 Å². The van der Waals surface area contributed by atoms with Gasteiger partial charge in [-0.25, -0.2) is 17.1 Å². The van der Waals surface area contributed by atoms with Gasteiger partial charge in [0.1, 0.15) is 33.9 Å². The molecular weight excluding hydrogens is 591 g/mol. The van der Waals surface area contributed by atoms with Crippen LogP contribution in [0.3, 0.4) is 0 Å². The van der Waals surface area contributed by atoms with Crippen molar-refractivity contribution in [2.75, 3.05) is 32.2 Å². The van der Waals surface area contributed by atoms with Gasteiger partial charge in [0, 0.05) is 35.2 Å². The van der Waals surface area contributed by atoms with Gasteiger partial charge in [-0.2, -0.15) is 0 Å². The number of para-hydroxylation sites is 1. The lowest BCUT2D eigenvalue weighted by Crippen LogP contribution is -2.62. The number of carboxylic acid groups (broad SMARTS) is 1. The number of carboxylic acids is 1. The molecule has 3 atom stereocenters. The number of fused-ring (bicyclic) bond motifs is 1. The Balaban J connectivity index is 1.89. The Labute approximate surface area is 247 Å². The predicted molar refractivity (Wildman–Crippen MR) is 152 cm³/mol. The monoisotopic (exact) mass is 618 g/mol. The van der Waals surface area contributed by atoms with E-state index in [-0.39, 0.29) is 38.2 Å². The fourth-order valence-corrected chi connectivity index (χ4v) is 7.77. The maximum atomic E-state index is 15.3. The van der Waals surface area contributed by atoms with Crippen LogP contribution in [-0.2, 0) is 25.2 Å². The van der Waals surface area contributed by atoms with Crippen LogP contribution in [0, 0.1) is 0 Å². The van der Waals surface area contributed by atoms with Gasteiger partial charge in [-0.05, 0) is 43.3 Å². The zero-order valence-corrected chi connectivity index (χ0v) is 24.7. The number of hydrogen-bond donors (Lipinski definition) is 1. The Morgan fingerprint density at radius 1 is 1.00 bits per heavy atom. The van der Waals surface area contributed by atoms with Crippen LogP contribution < -0.4 is 18.5 Å². The molecule has 2 aliphatic rings. The van der Waals surface area contributed by atoms with Crippen molar-refractivity contribution >= 4 is 39.2 Å². The number of benzene rings is 3. The molecule has 1 amide bonds. The van der Waals surface area contributed by atoms with Crippen LogP contribution in [-0.4, -0.2) is 69.9 Å². The van der Waals surface area contributed by atoms with Crippen molar-refractivity contribution in [2.45, 2.75) is 35.5 Å². The second-order valence-corrected chi connectivity index (χ2v) is 12.3. The number of halogens is 2. The number of carbonyl (C=O) groups is 2. The molecule has 0 bridgehead atoms. The number of sulfonamides is 1. The Kier molecular flexibility index (Phi) is 7.36. The molecule has 5 rings (SSSR count). The second-order valence-electron chi connectivity index (χ2n) is 10.2. The molecule has 1 N–H and O–H groups in total. The quantitative estimate of drug-likeness (QED) is 0.395. The predicted octanol–water partition coefficient (Wildman–Crippen LogP) is 4.23. The summed E-state index contributed by atoms with van der Waals surface area (Å²) in [4.78, 5) is 28.7. The number of likely N-dealkylation sites (tertiary alicyclic amines) is 1. The van der Waals surface area contributed by atoms with Gasteiger partial charge in [0.2, 0.25) is 0 Å². The van der Waals surface area contributed by atoms with Gasteiger partial charge in [-0.1, -0.05) is 29.8 Å². The number of aliphatic carboxylic acids is 1. The van der Waals surface area contributed by atoms with Crippen LogP contribution >= 0.6 is 11.6 Å². The lowest BCUT2D eigenvalue weighted by Gasteiger charge is -2.45. The highest BCUT2D eigenvalue weighted by molar-refractivity contribution is 7.93. The van der Waals surface area contributed by atoms with Gasteiger partial charge in [0.25, 0.3) is 15.9 Å². The standard InChI is InChI=1S/C29H28ClFN2O8S/c1-28(27(35)36)15-18(31)16-32(28)29(20-7-5-6-8-23(20)40-3)21-13-17(30)9-11-22(21)33(26(29)34)42(37,38)25-12-10-19(39-2)14-24(25)41-4/h5-14,18H,15-16H2,1-4H3,(H,35,36)/t18-,28-,29?/m0/s1. The number of hydrogen-bond acceptors (Lipinski definition) is 8. The molecule has 42 heavy (non-hydrogen) atoms. The Bertz CT molecular complexity index is 1700. The van der Waals surface area contributed by atoms with E-state index in [9.17, 15) is 18.3 Å². The van der Waals surface area contributed by atoms with E-state index in [2.05, 4.69) is 0 Å². The first kappa shape index (κ1) is 29.6. The number of carbonyl (C=O) groups excluding carboxylic acids is 1. The average Bonchev–Trinajstić information content (AvgIpc) is 3.42. The van der Waals surface area contributed by atoms with E-state index in [0.717, 1.165) is 0 Å². The molecule has 1 saturated heterocycles. The number of alkyl halides is 1. The number of anilines is 1. The van der Waals surface area contributed by atoms with E-state index in [1.165, 1.54) is 75.6 Å². The topological polar surface area (TPSA) is 123 Å². The lowest BCUT2D eigenvalue weighted by molar-refractivity contribution is -0.153. The summed E-state index contributed by atoms with van der Waals surface area (Å²) in [5.74, 6) is -2.05. The van der Waals surface area contributed by atoms with Crippen molar-refractivity contribution in [3.8, 4) is 17.2 Å². The molecule has 0 aliphatic carbocycles. The molecule has 0 saturated carbocycles. The highest BCUT2D eigenvalue weighted by atomic mass is 35.5. The van der Waals surface area contributed by atoms with Crippen LogP contribution in [0.4, 0.5) is 10.1 Å². The Morgan fingerprint density at radius 2 is 1.69 bits per heavy atom. The van der Waals surface area contributed by atoms with E-state index < -0.39 is 52.1 Å². The fourth-order valence-electron chi connectivity index (χ4n) is 6.00. The highest BCUT2D eigenvalue weighted by Gasteiger charge is 2.67. The lowest BCUT2D eigenvalue weighted by atomic mass is 9.79. The summed E-state index contributed by atoms with van der Waals surface area (Å²) < 4.78 is 60.9. The molecule has 10 nitrogen and oxygen atoms in total. The highest BCUT2D eigenvalue weighted by Crippen LogP contribution is 2.57. The molecule has 3 aromatic rings. The SMILES string of the molecule is COc1ccc(S(=O)(=O)N2C(=O)C(c3ccccc3OC)(N3C[C@@H](F)C[C@@]3(C)C(=O)O)c3cc(Cl)ccc32)c(OC)c1. The molecule has 1 fully saturated rings. The zero-order chi connectivity index (χ0) is 30.6. The van der Waals surface area contributed by atoms with Gasteiger partial charge >= 0.3 is 5.97 Å². The average molecular weight is 619 g/mol. The molecule has 0 spiro atoms. The van der Waals surface area contributed by atoms with E-state index in [1.807, 2.05) is 0 Å². The minimum absolute atomic E-state index is 0.0575. The van der Waals surface area contributed by atoms with Crippen molar-refractivity contribution in [3.63, 3.8) is 0 Å². The number of nitrogens with zero attached hydrogens (tertiary/aromatic N) is 2. The number of ether oxygens (including phenoxy) is 3. The third-order valence-corrected chi connectivity index (χ3v) is 9.88. The summed E-state index contributed by atoms with van der Waals surface area (Å²) >= 11 is 6.44. The number of rotatable bonds is 8. The molecule has 0 radical (unpaired) electrons. The minimum atomic E-state index is -4.73. The smallest absolute Gasteiger partial charge is 0.323 e. The molecule has 3 aromatic carbocycles. The van der Waals surface area contributed by atoms with Crippen LogP contribution in [0.5, 0.6) is 17.2 Å². The fraction of sp³-hybridized carbons (Fsp3) is 0.310. The molecule has 1 unspecified atom stereocenters. The summed E-state index contributed by atoms with van der Waals surface area (Å²) in [6.45, 7) is 0.825. The van der Waals surface area contributed by atoms with Crippen LogP contribution in [0.15, 0.2) is 65.6 Å². The van der Waals surface area contributed by atoms with Gasteiger partial charge < -0.3 is 19.3 Å². The summed E-state index contributed by atoms with van der Waals surface area (Å²) in [5, 5.41) is 10.5. The largest absolute Gasteiger partial charge is 0.497 e. The summed E-state index contributed by atoms with van der Waals surface area (Å²) in [7, 11) is -0.689. The van der Waals surface area contributed by atoms with Gasteiger partial charge in [-0.15, -0.1) is 0 Å². The van der Waals surface area contributed by atoms with Crippen molar-refractivity contribution in [3.05, 3.63) is 76.8 Å². The minimum Gasteiger partial charge on any atom is -0.497 e. The van der Waals surface area contributed by atoms with Crippen molar-refractivity contribution in [2.24, 2.45) is 0 Å². The molecule has 2 aliphatic heterocycles. The Morgan fingerprint density at radius 3 is 2.33 bits per heavy atom. The third kappa shape index (κ3) is 4.11. The first-order valence-corrected chi connectivity index (χ1v) is 14.6. The van der Waals surface area contributed by atoms with Crippen molar-refractivity contribution in [1.82, 2.24) is 4.90 Å². The van der Waals surface area contributed by atoms with Crippen molar-refractivity contribution in [1.29, 1.82) is 0 Å². The molecule has 13 heteroatoms. The zero-order valence-electron chi connectivity index (χ0n) is 23.1. The molecular formula is C29H28ClFN2O8S. The molecule has 0 aromatic heterocycles. The van der Waals surface area contributed by atoms with Crippen LogP contribution in [0.2, 0.25) is 5.02 Å². The van der Waals surface area contributed by atoms with Crippen LogP contribution in [0.25, 0.3) is 0 Å². The Hall–Kier alpha value is -3.87. The first-order chi connectivity index (χ1) is 19.9. The molecule has 2 heterocycles. The summed E-state index contributed by atoms with van der Waals surface area (Å²) in [6, 6.07) is 14.5. The van der Waals surface area contributed by atoms with Crippen LogP contribution in [0.1, 0.15) is 24.5 Å². The summed E-state index contributed by atoms with van der Waals surface area (Å²) in [5.41, 5.74) is -3.99. The van der Waals surface area contributed by atoms with E-state index in [0.29, 0.717) is 10.1 Å². The number of methoxy groups -OCH3 is 3.